The van der Waals surface area contributed by atoms with Crippen LogP contribution in [0.15, 0.2) is 11.6 Å². The molecule has 4 rings (SSSR count). The lowest BCUT2D eigenvalue weighted by Crippen LogP contribution is -2.50. The van der Waals surface area contributed by atoms with Crippen molar-refractivity contribution >= 4 is 17.5 Å². The number of ketones is 2. The predicted molar refractivity (Wildman–Crippen MR) is 92.7 cm³/mol. The molecule has 0 aliphatic heterocycles. The van der Waals surface area contributed by atoms with E-state index in [-0.39, 0.29) is 29.2 Å². The quantitative estimate of drug-likeness (QED) is 0.718. The predicted octanol–water partition coefficient (Wildman–Crippen LogP) is 3.63. The number of carbonyl (C=O) groups excluding carboxylic acids is 3. The van der Waals surface area contributed by atoms with Gasteiger partial charge in [-0.2, -0.15) is 0 Å². The van der Waals surface area contributed by atoms with Crippen LogP contribution in [-0.2, 0) is 19.1 Å². The lowest BCUT2D eigenvalue weighted by Gasteiger charge is -2.53. The van der Waals surface area contributed by atoms with E-state index in [9.17, 15) is 14.4 Å². The number of carbonyl (C=O) groups is 3. The van der Waals surface area contributed by atoms with Crippen LogP contribution in [0.2, 0.25) is 0 Å². The molecule has 0 aromatic carbocycles. The minimum atomic E-state index is -0.285. The smallest absolute Gasteiger partial charge is 0.302 e. The maximum Gasteiger partial charge on any atom is 0.302 e. The molecule has 0 heterocycles. The van der Waals surface area contributed by atoms with Gasteiger partial charge in [-0.05, 0) is 62.4 Å². The van der Waals surface area contributed by atoms with Crippen LogP contribution >= 0.6 is 0 Å². The lowest BCUT2D eigenvalue weighted by molar-refractivity contribution is -0.155. The molecule has 3 fully saturated rings. The van der Waals surface area contributed by atoms with Crippen molar-refractivity contribution in [3.63, 3.8) is 0 Å². The summed E-state index contributed by atoms with van der Waals surface area (Å²) in [5.41, 5.74) is 1.06. The number of Topliss-reactive ketones (excluding diaryl/α,β-unsaturated/α-hetero) is 1. The Hall–Kier alpha value is -1.45. The Bertz CT molecular complexity index is 648. The molecule has 0 saturated heterocycles. The van der Waals surface area contributed by atoms with E-state index in [1.165, 1.54) is 12.5 Å². The summed E-state index contributed by atoms with van der Waals surface area (Å²) in [6.07, 6.45) is 8.51. The molecule has 0 aromatic rings. The number of fused-ring (bicyclic) bond motifs is 5. The number of esters is 1. The highest BCUT2D eigenvalue weighted by Crippen LogP contribution is 2.62. The Morgan fingerprint density at radius 3 is 2.72 bits per heavy atom. The second-order valence-electron chi connectivity index (χ2n) is 8.55. The summed E-state index contributed by atoms with van der Waals surface area (Å²) in [6, 6.07) is 0. The molecule has 0 N–H and O–H groups in total. The van der Waals surface area contributed by atoms with E-state index < -0.39 is 0 Å². The van der Waals surface area contributed by atoms with Crippen molar-refractivity contribution in [2.45, 2.75) is 71.3 Å². The van der Waals surface area contributed by atoms with E-state index in [1.54, 1.807) is 0 Å². The highest BCUT2D eigenvalue weighted by Gasteiger charge is 2.62. The van der Waals surface area contributed by atoms with Gasteiger partial charge in [0, 0.05) is 31.1 Å². The Balaban J connectivity index is 1.68. The van der Waals surface area contributed by atoms with Crippen molar-refractivity contribution in [3.05, 3.63) is 11.6 Å². The first-order valence-corrected chi connectivity index (χ1v) is 9.90. The third-order valence-electron chi connectivity index (χ3n) is 7.67. The van der Waals surface area contributed by atoms with Crippen LogP contribution in [0.25, 0.3) is 0 Å². The van der Waals surface area contributed by atoms with Gasteiger partial charge in [0.1, 0.15) is 11.9 Å². The Morgan fingerprint density at radius 2 is 2.00 bits per heavy atom. The molecule has 25 heavy (non-hydrogen) atoms. The number of allylic oxidation sites excluding steroid dienone is 1. The molecule has 6 atom stereocenters. The highest BCUT2D eigenvalue weighted by molar-refractivity contribution is 5.91. The second-order valence-corrected chi connectivity index (χ2v) is 8.55. The van der Waals surface area contributed by atoms with Crippen LogP contribution in [0.3, 0.4) is 0 Å². The summed E-state index contributed by atoms with van der Waals surface area (Å²) in [5, 5.41) is 0. The maximum atomic E-state index is 12.9. The monoisotopic (exact) mass is 344 g/mol. The van der Waals surface area contributed by atoms with Gasteiger partial charge in [0.15, 0.2) is 5.78 Å². The first-order valence-electron chi connectivity index (χ1n) is 9.90. The van der Waals surface area contributed by atoms with Gasteiger partial charge in [0.05, 0.1) is 0 Å². The van der Waals surface area contributed by atoms with Gasteiger partial charge in [0.25, 0.3) is 0 Å². The average Bonchev–Trinajstić information content (AvgIpc) is 2.86. The van der Waals surface area contributed by atoms with Gasteiger partial charge in [0.2, 0.25) is 0 Å². The van der Waals surface area contributed by atoms with Gasteiger partial charge in [-0.3, -0.25) is 14.4 Å². The van der Waals surface area contributed by atoms with Crippen LogP contribution < -0.4 is 0 Å². The lowest BCUT2D eigenvalue weighted by atomic mass is 9.51. The molecular formula is C21H28O4. The highest BCUT2D eigenvalue weighted by atomic mass is 16.5. The van der Waals surface area contributed by atoms with E-state index in [1.807, 2.05) is 6.08 Å². The van der Waals surface area contributed by atoms with E-state index >= 15 is 0 Å². The van der Waals surface area contributed by atoms with Crippen LogP contribution in [-0.4, -0.2) is 23.6 Å². The van der Waals surface area contributed by atoms with Gasteiger partial charge in [-0.15, -0.1) is 0 Å². The number of hydrogen-bond acceptors (Lipinski definition) is 4. The molecule has 0 radical (unpaired) electrons. The Morgan fingerprint density at radius 1 is 1.20 bits per heavy atom. The van der Waals surface area contributed by atoms with E-state index in [2.05, 4.69) is 6.92 Å². The normalized spacial score (nSPS) is 43.0. The van der Waals surface area contributed by atoms with Gasteiger partial charge < -0.3 is 4.74 Å². The maximum absolute atomic E-state index is 12.9. The fourth-order valence-electron chi connectivity index (χ4n) is 6.73. The molecule has 0 aromatic heterocycles. The zero-order valence-electron chi connectivity index (χ0n) is 15.3. The minimum Gasteiger partial charge on any atom is -0.462 e. The molecule has 3 saturated carbocycles. The van der Waals surface area contributed by atoms with Crippen molar-refractivity contribution in [1.82, 2.24) is 0 Å². The zero-order chi connectivity index (χ0) is 17.8. The third kappa shape index (κ3) is 2.51. The van der Waals surface area contributed by atoms with E-state index in [0.29, 0.717) is 36.4 Å². The topological polar surface area (TPSA) is 60.4 Å². The summed E-state index contributed by atoms with van der Waals surface area (Å²) >= 11 is 0. The minimum absolute atomic E-state index is 0.173. The van der Waals surface area contributed by atoms with Gasteiger partial charge in [-0.1, -0.05) is 12.5 Å². The molecule has 4 aliphatic carbocycles. The number of ether oxygens (including phenoxy) is 1. The van der Waals surface area contributed by atoms with Crippen molar-refractivity contribution in [3.8, 4) is 0 Å². The number of hydrogen-bond donors (Lipinski definition) is 0. The van der Waals surface area contributed by atoms with Crippen LogP contribution in [0.4, 0.5) is 0 Å². The van der Waals surface area contributed by atoms with Crippen molar-refractivity contribution < 1.29 is 19.1 Å². The fourth-order valence-corrected chi connectivity index (χ4v) is 6.73. The molecule has 4 nitrogen and oxygen atoms in total. The largest absolute Gasteiger partial charge is 0.462 e. The zero-order valence-corrected chi connectivity index (χ0v) is 15.3. The first kappa shape index (κ1) is 17.0. The third-order valence-corrected chi connectivity index (χ3v) is 7.67. The molecule has 0 amide bonds. The first-order chi connectivity index (χ1) is 12.0. The van der Waals surface area contributed by atoms with Crippen LogP contribution in [0.1, 0.15) is 65.2 Å². The van der Waals surface area contributed by atoms with Gasteiger partial charge in [-0.25, -0.2) is 0 Å². The van der Waals surface area contributed by atoms with E-state index in [4.69, 9.17) is 4.74 Å². The summed E-state index contributed by atoms with van der Waals surface area (Å²) < 4.78 is 5.65. The summed E-state index contributed by atoms with van der Waals surface area (Å²) in [4.78, 5) is 36.3. The molecular weight excluding hydrogens is 316 g/mol. The Kier molecular flexibility index (Phi) is 4.12. The van der Waals surface area contributed by atoms with Gasteiger partial charge >= 0.3 is 5.97 Å². The van der Waals surface area contributed by atoms with Crippen molar-refractivity contribution in [2.75, 3.05) is 0 Å². The van der Waals surface area contributed by atoms with Crippen LogP contribution in [0.5, 0.6) is 0 Å². The summed E-state index contributed by atoms with van der Waals surface area (Å²) in [6.45, 7) is 3.57. The van der Waals surface area contributed by atoms with Crippen LogP contribution in [0, 0.1) is 29.1 Å². The molecule has 4 heteroatoms. The molecule has 0 spiro atoms. The number of rotatable bonds is 2. The summed E-state index contributed by atoms with van der Waals surface area (Å²) in [5.74, 6) is 1.97. The molecule has 4 aliphatic rings. The van der Waals surface area contributed by atoms with Crippen molar-refractivity contribution in [2.24, 2.45) is 29.1 Å². The summed E-state index contributed by atoms with van der Waals surface area (Å²) in [7, 11) is 0. The van der Waals surface area contributed by atoms with E-state index in [0.717, 1.165) is 38.5 Å². The standard InChI is InChI=1S/C21H28O4/c1-3-21-9-8-16-15-7-5-14(23)10-13(15)4-6-17(16)20(21)18(11-19(21)24)25-12(2)22/h10,15-18,20H,3-9,11H2,1-2H3/t15-,16+,17+,18?,20+,21+/m0/s1. The second kappa shape index (κ2) is 6.07. The molecule has 1 unspecified atom stereocenters. The Labute approximate surface area is 149 Å². The fraction of sp³-hybridized carbons (Fsp3) is 0.762. The molecule has 0 bridgehead atoms. The molecule has 136 valence electrons. The average molecular weight is 344 g/mol. The van der Waals surface area contributed by atoms with Crippen molar-refractivity contribution in [1.29, 1.82) is 0 Å². The SMILES string of the molecule is CC[C@]12CC[C@H]3[C@@H](CCC4=CC(=O)CC[C@@H]43)[C@@H]1C(OC(C)=O)CC2=O.